The van der Waals surface area contributed by atoms with Gasteiger partial charge in [0.05, 0.1) is 16.3 Å². The maximum atomic E-state index is 13.1. The number of piperazine rings is 1. The monoisotopic (exact) mass is 488 g/mol. The molecule has 0 atom stereocenters. The summed E-state index contributed by atoms with van der Waals surface area (Å²) in [6.07, 6.45) is 3.08. The van der Waals surface area contributed by atoms with Gasteiger partial charge in [-0.2, -0.15) is 8.99 Å². The number of hydrogen-bond donors (Lipinski definition) is 0. The Morgan fingerprint density at radius 3 is 2.64 bits per heavy atom. The summed E-state index contributed by atoms with van der Waals surface area (Å²) in [5, 5.41) is 6.02. The van der Waals surface area contributed by atoms with E-state index in [0.29, 0.717) is 18.0 Å². The van der Waals surface area contributed by atoms with Gasteiger partial charge in [-0.05, 0) is 54.0 Å². The minimum absolute atomic E-state index is 0.0912. The van der Waals surface area contributed by atoms with Gasteiger partial charge < -0.3 is 9.32 Å². The van der Waals surface area contributed by atoms with Gasteiger partial charge >= 0.3 is 5.76 Å². The van der Waals surface area contributed by atoms with E-state index >= 15 is 0 Å². The van der Waals surface area contributed by atoms with Crippen molar-refractivity contribution in [1.29, 1.82) is 0 Å². The molecular weight excluding hydrogens is 464 g/mol. The molecule has 1 saturated heterocycles. The average Bonchev–Trinajstić information content (AvgIpc) is 3.58. The molecule has 1 amide bonds. The van der Waals surface area contributed by atoms with Crippen molar-refractivity contribution in [2.24, 2.45) is 0 Å². The van der Waals surface area contributed by atoms with Gasteiger partial charge in [-0.1, -0.05) is 12.1 Å². The fourth-order valence-corrected chi connectivity index (χ4v) is 6.46. The average molecular weight is 489 g/mol. The zero-order valence-electron chi connectivity index (χ0n) is 18.0. The smallest absolute Gasteiger partial charge is 0.387 e. The van der Waals surface area contributed by atoms with Crippen LogP contribution in [0, 0.1) is 0 Å². The number of sulfonamides is 1. The van der Waals surface area contributed by atoms with E-state index in [0.717, 1.165) is 34.4 Å². The van der Waals surface area contributed by atoms with Crippen LogP contribution in [-0.4, -0.2) is 59.5 Å². The lowest BCUT2D eigenvalue weighted by atomic mass is 10.1. The minimum Gasteiger partial charge on any atom is -0.387 e. The zero-order valence-corrected chi connectivity index (χ0v) is 19.6. The maximum absolute atomic E-state index is 13.1. The van der Waals surface area contributed by atoms with Crippen molar-refractivity contribution in [3.63, 3.8) is 0 Å². The number of benzene rings is 1. The van der Waals surface area contributed by atoms with Crippen LogP contribution in [0.3, 0.4) is 0 Å². The molecule has 3 heterocycles. The summed E-state index contributed by atoms with van der Waals surface area (Å²) in [5.41, 5.74) is 2.35. The van der Waals surface area contributed by atoms with Crippen LogP contribution in [-0.2, 0) is 34.2 Å². The molecule has 2 aliphatic rings. The van der Waals surface area contributed by atoms with E-state index in [4.69, 9.17) is 4.42 Å². The fraction of sp³-hybridized carbons (Fsp3) is 0.409. The highest BCUT2D eigenvalue weighted by Crippen LogP contribution is 2.27. The number of amides is 1. The van der Waals surface area contributed by atoms with Crippen molar-refractivity contribution in [2.45, 2.75) is 37.1 Å². The largest absolute Gasteiger partial charge is 0.437 e. The number of nitrogens with zero attached hydrogens (tertiary/aromatic N) is 4. The standard InChI is InChI=1S/C22H24N4O5S2/c27-20(8-9-26-22(28)31-21(23-26)19-5-2-14-32-19)24-10-12-25(13-11-24)33(29,30)18-7-6-16-3-1-4-17(16)15-18/h2,5-7,14-15H,1,3-4,8-13H2. The summed E-state index contributed by atoms with van der Waals surface area (Å²) in [6, 6.07) is 9.06. The van der Waals surface area contributed by atoms with Crippen LogP contribution in [0.25, 0.3) is 10.8 Å². The molecule has 33 heavy (non-hydrogen) atoms. The summed E-state index contributed by atoms with van der Waals surface area (Å²) >= 11 is 1.41. The number of hydrogen-bond acceptors (Lipinski definition) is 7. The predicted octanol–water partition coefficient (Wildman–Crippen LogP) is 1.98. The summed E-state index contributed by atoms with van der Waals surface area (Å²) < 4.78 is 33.9. The first-order valence-electron chi connectivity index (χ1n) is 10.9. The van der Waals surface area contributed by atoms with E-state index < -0.39 is 15.8 Å². The fourth-order valence-electron chi connectivity index (χ4n) is 4.34. The van der Waals surface area contributed by atoms with Gasteiger partial charge in [0.25, 0.3) is 5.89 Å². The van der Waals surface area contributed by atoms with E-state index in [1.807, 2.05) is 23.6 Å². The Balaban J connectivity index is 1.17. The summed E-state index contributed by atoms with van der Waals surface area (Å²) in [4.78, 5) is 27.4. The number of carbonyl (C=O) groups excluding carboxylic acids is 1. The van der Waals surface area contributed by atoms with E-state index in [9.17, 15) is 18.0 Å². The van der Waals surface area contributed by atoms with Crippen molar-refractivity contribution < 1.29 is 17.6 Å². The number of rotatable bonds is 6. The number of aromatic nitrogens is 2. The van der Waals surface area contributed by atoms with Gasteiger partial charge in [0.2, 0.25) is 15.9 Å². The molecule has 1 aliphatic heterocycles. The Hall–Kier alpha value is -2.76. The lowest BCUT2D eigenvalue weighted by molar-refractivity contribution is -0.132. The molecule has 2 aromatic heterocycles. The number of fused-ring (bicyclic) bond motifs is 1. The third-order valence-corrected chi connectivity index (χ3v) is 8.93. The molecule has 0 saturated carbocycles. The molecular formula is C22H24N4O5S2. The van der Waals surface area contributed by atoms with Gasteiger partial charge in [0.15, 0.2) is 0 Å². The van der Waals surface area contributed by atoms with Gasteiger partial charge in [-0.3, -0.25) is 4.79 Å². The molecule has 0 radical (unpaired) electrons. The molecule has 1 aliphatic carbocycles. The lowest BCUT2D eigenvalue weighted by Crippen LogP contribution is -2.50. The summed E-state index contributed by atoms with van der Waals surface area (Å²) in [6.45, 7) is 1.24. The van der Waals surface area contributed by atoms with Crippen LogP contribution in [0.5, 0.6) is 0 Å². The molecule has 1 fully saturated rings. The highest BCUT2D eigenvalue weighted by molar-refractivity contribution is 7.89. The van der Waals surface area contributed by atoms with Crippen LogP contribution >= 0.6 is 11.3 Å². The first-order chi connectivity index (χ1) is 15.9. The molecule has 11 heteroatoms. The predicted molar refractivity (Wildman–Crippen MR) is 122 cm³/mol. The molecule has 5 rings (SSSR count). The third kappa shape index (κ3) is 4.40. The van der Waals surface area contributed by atoms with Crippen molar-refractivity contribution in [2.75, 3.05) is 26.2 Å². The molecule has 3 aromatic rings. The van der Waals surface area contributed by atoms with Crippen LogP contribution in [0.2, 0.25) is 0 Å². The number of aryl methyl sites for hydroxylation is 3. The molecule has 0 bridgehead atoms. The van der Waals surface area contributed by atoms with Crippen molar-refractivity contribution in [3.8, 4) is 10.8 Å². The van der Waals surface area contributed by atoms with Gasteiger partial charge in [0.1, 0.15) is 0 Å². The van der Waals surface area contributed by atoms with Gasteiger partial charge in [0, 0.05) is 32.6 Å². The van der Waals surface area contributed by atoms with Gasteiger partial charge in [-0.15, -0.1) is 16.4 Å². The van der Waals surface area contributed by atoms with Crippen molar-refractivity contribution in [1.82, 2.24) is 19.0 Å². The van der Waals surface area contributed by atoms with Crippen LogP contribution in [0.4, 0.5) is 0 Å². The second-order valence-electron chi connectivity index (χ2n) is 8.19. The highest BCUT2D eigenvalue weighted by atomic mass is 32.2. The molecule has 0 unspecified atom stereocenters. The summed E-state index contributed by atoms with van der Waals surface area (Å²) in [5.74, 6) is -0.499. The Labute approximate surface area is 195 Å². The Morgan fingerprint density at radius 1 is 1.09 bits per heavy atom. The van der Waals surface area contributed by atoms with E-state index in [-0.39, 0.29) is 37.9 Å². The normalized spacial score (nSPS) is 16.8. The van der Waals surface area contributed by atoms with Crippen LogP contribution < -0.4 is 5.76 Å². The van der Waals surface area contributed by atoms with Crippen LogP contribution in [0.15, 0.2) is 49.8 Å². The zero-order chi connectivity index (χ0) is 23.0. The second kappa shape index (κ2) is 8.88. The Kier molecular flexibility index (Phi) is 5.94. The quantitative estimate of drug-likeness (QED) is 0.525. The minimum atomic E-state index is -3.58. The lowest BCUT2D eigenvalue weighted by Gasteiger charge is -2.34. The van der Waals surface area contributed by atoms with E-state index in [2.05, 4.69) is 5.10 Å². The Bertz CT molecular complexity index is 1320. The molecule has 1 aromatic carbocycles. The SMILES string of the molecule is O=C(CCn1nc(-c2cccs2)oc1=O)N1CCN(S(=O)(=O)c2ccc3c(c2)CCC3)CC1. The first kappa shape index (κ1) is 22.1. The first-order valence-corrected chi connectivity index (χ1v) is 13.3. The Morgan fingerprint density at radius 2 is 1.88 bits per heavy atom. The van der Waals surface area contributed by atoms with E-state index in [1.54, 1.807) is 17.0 Å². The summed E-state index contributed by atoms with van der Waals surface area (Å²) in [7, 11) is -3.58. The van der Waals surface area contributed by atoms with Crippen LogP contribution in [0.1, 0.15) is 24.0 Å². The third-order valence-electron chi connectivity index (χ3n) is 6.17. The van der Waals surface area contributed by atoms with Crippen molar-refractivity contribution >= 4 is 27.3 Å². The molecule has 0 spiro atoms. The van der Waals surface area contributed by atoms with Crippen molar-refractivity contribution in [3.05, 3.63) is 57.4 Å². The van der Waals surface area contributed by atoms with Gasteiger partial charge in [-0.25, -0.2) is 13.2 Å². The van der Waals surface area contributed by atoms with E-state index in [1.165, 1.54) is 21.2 Å². The topological polar surface area (TPSA) is 106 Å². The number of thiophene rings is 1. The molecule has 0 N–H and O–H groups in total. The molecule has 9 nitrogen and oxygen atoms in total. The maximum Gasteiger partial charge on any atom is 0.437 e. The number of carbonyl (C=O) groups is 1. The highest BCUT2D eigenvalue weighted by Gasteiger charge is 2.31. The molecule has 174 valence electrons. The second-order valence-corrected chi connectivity index (χ2v) is 11.1.